The van der Waals surface area contributed by atoms with Gasteiger partial charge in [-0.1, -0.05) is 0 Å². The lowest BCUT2D eigenvalue weighted by Gasteiger charge is -2.09. The zero-order chi connectivity index (χ0) is 20.8. The molecule has 1 aromatic heterocycles. The molecule has 2 aromatic carbocycles. The number of aromatic nitrogens is 1. The number of hydrogen-bond acceptors (Lipinski definition) is 5. The molecular weight excluding hydrogens is 375 g/mol. The monoisotopic (exact) mass is 396 g/mol. The second-order valence-electron chi connectivity index (χ2n) is 6.70. The molecule has 6 nitrogen and oxygen atoms in total. The first kappa shape index (κ1) is 20.3. The Morgan fingerprint density at radius 3 is 2.45 bits per heavy atom. The Labute approximate surface area is 167 Å². The Hall–Kier alpha value is -3.48. The average molecular weight is 396 g/mol. The van der Waals surface area contributed by atoms with E-state index in [-0.39, 0.29) is 24.2 Å². The fraction of sp³-hybridized carbons (Fsp3) is 0.227. The molecule has 0 bridgehead atoms. The maximum Gasteiger partial charge on any atom is 0.338 e. The van der Waals surface area contributed by atoms with Gasteiger partial charge in [-0.2, -0.15) is 0 Å². The van der Waals surface area contributed by atoms with Crippen LogP contribution in [0.3, 0.4) is 0 Å². The predicted octanol–water partition coefficient (Wildman–Crippen LogP) is 4.62. The van der Waals surface area contributed by atoms with Crippen molar-refractivity contribution in [3.63, 3.8) is 0 Å². The van der Waals surface area contributed by atoms with Crippen LogP contribution in [0.2, 0.25) is 0 Å². The lowest BCUT2D eigenvalue weighted by molar-refractivity contribution is -0.116. The molecule has 0 aliphatic rings. The first-order chi connectivity index (χ1) is 13.9. The summed E-state index contributed by atoms with van der Waals surface area (Å²) in [5, 5.41) is 2.76. The number of hydrogen-bond donors (Lipinski definition) is 1. The summed E-state index contributed by atoms with van der Waals surface area (Å²) in [6.45, 7) is 3.56. The van der Waals surface area contributed by atoms with Crippen LogP contribution in [-0.2, 0) is 16.0 Å². The highest BCUT2D eigenvalue weighted by molar-refractivity contribution is 5.93. The molecule has 1 heterocycles. The Morgan fingerprint density at radius 2 is 1.79 bits per heavy atom. The zero-order valence-electron chi connectivity index (χ0n) is 16.1. The van der Waals surface area contributed by atoms with E-state index in [1.54, 1.807) is 56.4 Å². The molecule has 0 fully saturated rings. The molecule has 0 saturated heterocycles. The molecule has 1 amide bonds. The molecule has 150 valence electrons. The Morgan fingerprint density at radius 1 is 1.10 bits per heavy atom. The molecule has 0 spiro atoms. The van der Waals surface area contributed by atoms with Gasteiger partial charge >= 0.3 is 5.97 Å². The maximum absolute atomic E-state index is 13.0. The number of benzene rings is 2. The molecule has 3 rings (SSSR count). The van der Waals surface area contributed by atoms with Gasteiger partial charge in [0, 0.05) is 24.1 Å². The number of esters is 1. The Kier molecular flexibility index (Phi) is 6.39. The van der Waals surface area contributed by atoms with Crippen molar-refractivity contribution in [3.8, 4) is 11.3 Å². The third-order valence-electron chi connectivity index (χ3n) is 4.00. The number of nitrogens with zero attached hydrogens (tertiary/aromatic N) is 1. The number of amides is 1. The summed E-state index contributed by atoms with van der Waals surface area (Å²) in [4.78, 5) is 28.1. The van der Waals surface area contributed by atoms with E-state index in [0.29, 0.717) is 34.9 Å². The van der Waals surface area contributed by atoms with E-state index < -0.39 is 5.97 Å². The molecular formula is C22H21FN2O4. The lowest BCUT2D eigenvalue weighted by Crippen LogP contribution is -2.13. The van der Waals surface area contributed by atoms with Crippen molar-refractivity contribution in [2.75, 3.05) is 5.32 Å². The van der Waals surface area contributed by atoms with Gasteiger partial charge in [-0.25, -0.2) is 14.2 Å². The minimum atomic E-state index is -0.404. The largest absolute Gasteiger partial charge is 0.459 e. The fourth-order valence-electron chi connectivity index (χ4n) is 2.59. The molecule has 0 aliphatic carbocycles. The molecule has 0 atom stereocenters. The smallest absolute Gasteiger partial charge is 0.338 e. The second kappa shape index (κ2) is 9.14. The fourth-order valence-corrected chi connectivity index (χ4v) is 2.59. The van der Waals surface area contributed by atoms with Gasteiger partial charge in [-0.05, 0) is 62.4 Å². The van der Waals surface area contributed by atoms with Crippen LogP contribution in [0.4, 0.5) is 10.1 Å². The van der Waals surface area contributed by atoms with Crippen molar-refractivity contribution in [1.82, 2.24) is 4.98 Å². The van der Waals surface area contributed by atoms with Gasteiger partial charge in [0.1, 0.15) is 5.82 Å². The van der Waals surface area contributed by atoms with Crippen molar-refractivity contribution in [2.45, 2.75) is 32.8 Å². The van der Waals surface area contributed by atoms with Crippen LogP contribution >= 0.6 is 0 Å². The van der Waals surface area contributed by atoms with Gasteiger partial charge in [-0.3, -0.25) is 4.79 Å². The quantitative estimate of drug-likeness (QED) is 0.590. The summed E-state index contributed by atoms with van der Waals surface area (Å²) in [6, 6.07) is 12.4. The summed E-state index contributed by atoms with van der Waals surface area (Å²) in [5.41, 5.74) is 1.71. The maximum atomic E-state index is 13.0. The number of rotatable bonds is 7. The van der Waals surface area contributed by atoms with Gasteiger partial charge in [-0.15, -0.1) is 0 Å². The van der Waals surface area contributed by atoms with Gasteiger partial charge < -0.3 is 14.5 Å². The van der Waals surface area contributed by atoms with Crippen LogP contribution < -0.4 is 5.32 Å². The van der Waals surface area contributed by atoms with Gasteiger partial charge in [0.2, 0.25) is 5.91 Å². The summed E-state index contributed by atoms with van der Waals surface area (Å²) in [6.07, 6.45) is 1.86. The van der Waals surface area contributed by atoms with E-state index in [1.807, 2.05) is 0 Å². The number of ether oxygens (including phenoxy) is 1. The van der Waals surface area contributed by atoms with Crippen LogP contribution in [0.15, 0.2) is 59.1 Å². The van der Waals surface area contributed by atoms with E-state index in [9.17, 15) is 14.0 Å². The van der Waals surface area contributed by atoms with Gasteiger partial charge in [0.15, 0.2) is 11.7 Å². The van der Waals surface area contributed by atoms with Crippen molar-refractivity contribution < 1.29 is 23.1 Å². The standard InChI is InChI=1S/C22H21FN2O4/c1-14(2)28-22(27)16-5-9-18(10-6-16)25-20(26)11-12-21-24-13-19(29-21)15-3-7-17(23)8-4-15/h3-10,13-14H,11-12H2,1-2H3,(H,25,26). The third kappa shape index (κ3) is 5.75. The molecule has 29 heavy (non-hydrogen) atoms. The average Bonchev–Trinajstić information content (AvgIpc) is 3.16. The number of halogens is 1. The van der Waals surface area contributed by atoms with Crippen molar-refractivity contribution in [1.29, 1.82) is 0 Å². The van der Waals surface area contributed by atoms with E-state index in [4.69, 9.17) is 9.15 Å². The van der Waals surface area contributed by atoms with E-state index in [1.165, 1.54) is 12.1 Å². The van der Waals surface area contributed by atoms with E-state index in [2.05, 4.69) is 10.3 Å². The van der Waals surface area contributed by atoms with E-state index >= 15 is 0 Å². The predicted molar refractivity (Wildman–Crippen MR) is 106 cm³/mol. The second-order valence-corrected chi connectivity index (χ2v) is 6.70. The lowest BCUT2D eigenvalue weighted by atomic mass is 10.2. The van der Waals surface area contributed by atoms with Crippen LogP contribution in [0.5, 0.6) is 0 Å². The van der Waals surface area contributed by atoms with Crippen molar-refractivity contribution >= 4 is 17.6 Å². The van der Waals surface area contributed by atoms with Gasteiger partial charge in [0.25, 0.3) is 0 Å². The first-order valence-electron chi connectivity index (χ1n) is 9.22. The Bertz CT molecular complexity index is 979. The highest BCUT2D eigenvalue weighted by atomic mass is 19.1. The van der Waals surface area contributed by atoms with Crippen molar-refractivity contribution in [2.24, 2.45) is 0 Å². The molecule has 3 aromatic rings. The number of nitrogens with one attached hydrogen (secondary N) is 1. The number of anilines is 1. The Balaban J connectivity index is 1.51. The minimum absolute atomic E-state index is 0.181. The van der Waals surface area contributed by atoms with Crippen LogP contribution in [0.25, 0.3) is 11.3 Å². The van der Waals surface area contributed by atoms with Gasteiger partial charge in [0.05, 0.1) is 17.9 Å². The zero-order valence-corrected chi connectivity index (χ0v) is 16.1. The summed E-state index contributed by atoms with van der Waals surface area (Å²) in [7, 11) is 0. The van der Waals surface area contributed by atoms with Crippen LogP contribution in [0, 0.1) is 5.82 Å². The number of carbonyl (C=O) groups is 2. The van der Waals surface area contributed by atoms with Crippen LogP contribution in [0.1, 0.15) is 36.5 Å². The number of carbonyl (C=O) groups excluding carboxylic acids is 2. The number of oxazole rings is 1. The highest BCUT2D eigenvalue weighted by Gasteiger charge is 2.11. The molecule has 7 heteroatoms. The molecule has 1 N–H and O–H groups in total. The van der Waals surface area contributed by atoms with E-state index in [0.717, 1.165) is 0 Å². The summed E-state index contributed by atoms with van der Waals surface area (Å²) in [5.74, 6) is 0.00769. The highest BCUT2D eigenvalue weighted by Crippen LogP contribution is 2.21. The molecule has 0 unspecified atom stereocenters. The summed E-state index contributed by atoms with van der Waals surface area (Å²) >= 11 is 0. The topological polar surface area (TPSA) is 81.4 Å². The SMILES string of the molecule is CC(C)OC(=O)c1ccc(NC(=O)CCc2ncc(-c3ccc(F)cc3)o2)cc1. The third-order valence-corrected chi connectivity index (χ3v) is 4.00. The minimum Gasteiger partial charge on any atom is -0.459 e. The van der Waals surface area contributed by atoms with Crippen LogP contribution in [-0.4, -0.2) is 23.0 Å². The molecule has 0 aliphatic heterocycles. The molecule has 0 saturated carbocycles. The summed E-state index contributed by atoms with van der Waals surface area (Å²) < 4.78 is 23.7. The number of aryl methyl sites for hydroxylation is 1. The normalized spacial score (nSPS) is 10.8. The first-order valence-corrected chi connectivity index (χ1v) is 9.22. The molecule has 0 radical (unpaired) electrons. The van der Waals surface area contributed by atoms with Crippen molar-refractivity contribution in [3.05, 3.63) is 72.0 Å².